The average Bonchev–Trinajstić information content (AvgIpc) is 2.57. The second-order valence-corrected chi connectivity index (χ2v) is 6.37. The van der Waals surface area contributed by atoms with Gasteiger partial charge in [0.05, 0.1) is 12.5 Å². The van der Waals surface area contributed by atoms with E-state index in [2.05, 4.69) is 34.2 Å². The first-order valence-electron chi connectivity index (χ1n) is 8.53. The average molecular weight is 329 g/mol. The zero-order valence-corrected chi connectivity index (χ0v) is 14.4. The molecule has 1 aliphatic heterocycles. The van der Waals surface area contributed by atoms with E-state index in [1.165, 1.54) is 5.56 Å². The Labute approximate surface area is 144 Å². The third-order valence-electron chi connectivity index (χ3n) is 4.16. The van der Waals surface area contributed by atoms with E-state index in [1.54, 1.807) is 0 Å². The van der Waals surface area contributed by atoms with Gasteiger partial charge in [-0.2, -0.15) is 0 Å². The quantitative estimate of drug-likeness (QED) is 0.711. The molecule has 0 saturated carbocycles. The van der Waals surface area contributed by atoms with E-state index in [4.69, 9.17) is 0 Å². The van der Waals surface area contributed by atoms with Crippen molar-refractivity contribution < 1.29 is 9.59 Å². The molecule has 0 radical (unpaired) electrons. The maximum absolute atomic E-state index is 12.2. The fourth-order valence-corrected chi connectivity index (χ4v) is 2.88. The molecule has 2 rings (SSSR count). The number of amides is 2. The molecule has 130 valence electrons. The third-order valence-corrected chi connectivity index (χ3v) is 4.16. The highest BCUT2D eigenvalue weighted by molar-refractivity contribution is 5.88. The molecule has 1 fully saturated rings. The summed E-state index contributed by atoms with van der Waals surface area (Å²) in [5.41, 5.74) is 2.20. The lowest BCUT2D eigenvalue weighted by molar-refractivity contribution is -0.133. The number of carbonyl (C=O) groups is 2. The predicted molar refractivity (Wildman–Crippen MR) is 95.6 cm³/mol. The number of piperazine rings is 1. The molecule has 1 saturated heterocycles. The van der Waals surface area contributed by atoms with E-state index in [0.717, 1.165) is 31.5 Å². The summed E-state index contributed by atoms with van der Waals surface area (Å²) in [6.07, 6.45) is 2.15. The molecule has 0 aliphatic carbocycles. The number of carbonyl (C=O) groups excluding carboxylic acids is 2. The molecule has 0 spiro atoms. The molecule has 0 unspecified atom stereocenters. The van der Waals surface area contributed by atoms with Gasteiger partial charge in [0.1, 0.15) is 0 Å². The second kappa shape index (κ2) is 9.23. The SMILES string of the molecule is C=C(C)CNC(=O)C[C@@H]1C(=O)NCCN1CCCc1ccccc1. The van der Waals surface area contributed by atoms with Crippen molar-refractivity contribution in [1.82, 2.24) is 15.5 Å². The summed E-state index contributed by atoms with van der Waals surface area (Å²) in [6, 6.07) is 9.95. The van der Waals surface area contributed by atoms with E-state index in [0.29, 0.717) is 13.1 Å². The minimum absolute atomic E-state index is 0.0496. The van der Waals surface area contributed by atoms with Gasteiger partial charge in [0.25, 0.3) is 0 Å². The van der Waals surface area contributed by atoms with Gasteiger partial charge in [-0.05, 0) is 31.9 Å². The van der Waals surface area contributed by atoms with E-state index in [9.17, 15) is 9.59 Å². The van der Waals surface area contributed by atoms with Crippen LogP contribution in [0.1, 0.15) is 25.3 Å². The molecule has 24 heavy (non-hydrogen) atoms. The lowest BCUT2D eigenvalue weighted by Crippen LogP contribution is -2.56. The number of hydrogen-bond donors (Lipinski definition) is 2. The van der Waals surface area contributed by atoms with Crippen molar-refractivity contribution in [3.63, 3.8) is 0 Å². The van der Waals surface area contributed by atoms with Crippen molar-refractivity contribution in [2.45, 2.75) is 32.2 Å². The fourth-order valence-electron chi connectivity index (χ4n) is 2.88. The smallest absolute Gasteiger partial charge is 0.237 e. The monoisotopic (exact) mass is 329 g/mol. The Morgan fingerprint density at radius 1 is 1.38 bits per heavy atom. The second-order valence-electron chi connectivity index (χ2n) is 6.37. The first-order valence-corrected chi connectivity index (χ1v) is 8.53. The molecule has 1 heterocycles. The number of rotatable bonds is 8. The Balaban J connectivity index is 1.84. The molecule has 1 aliphatic rings. The Morgan fingerprint density at radius 2 is 2.12 bits per heavy atom. The van der Waals surface area contributed by atoms with Crippen LogP contribution in [0.4, 0.5) is 0 Å². The molecular weight excluding hydrogens is 302 g/mol. The molecular formula is C19H27N3O2. The van der Waals surface area contributed by atoms with Gasteiger partial charge in [0, 0.05) is 19.6 Å². The molecule has 5 heteroatoms. The van der Waals surface area contributed by atoms with Crippen LogP contribution in [-0.4, -0.2) is 48.9 Å². The molecule has 2 N–H and O–H groups in total. The first-order chi connectivity index (χ1) is 11.6. The van der Waals surface area contributed by atoms with E-state index in [-0.39, 0.29) is 24.3 Å². The summed E-state index contributed by atoms with van der Waals surface area (Å²) in [6.45, 7) is 8.35. The topological polar surface area (TPSA) is 61.4 Å². The highest BCUT2D eigenvalue weighted by Gasteiger charge is 2.30. The number of nitrogens with zero attached hydrogens (tertiary/aromatic N) is 1. The van der Waals surface area contributed by atoms with Gasteiger partial charge in [-0.25, -0.2) is 0 Å². The summed E-state index contributed by atoms with van der Waals surface area (Å²) in [4.78, 5) is 26.3. The van der Waals surface area contributed by atoms with Gasteiger partial charge in [-0.1, -0.05) is 42.5 Å². The Kier molecular flexibility index (Phi) is 7.00. The van der Waals surface area contributed by atoms with E-state index < -0.39 is 0 Å². The van der Waals surface area contributed by atoms with Gasteiger partial charge in [-0.15, -0.1) is 0 Å². The first kappa shape index (κ1) is 18.2. The number of aryl methyl sites for hydroxylation is 1. The molecule has 1 atom stereocenters. The van der Waals surface area contributed by atoms with Crippen LogP contribution in [0.15, 0.2) is 42.5 Å². The van der Waals surface area contributed by atoms with Crippen LogP contribution in [0.2, 0.25) is 0 Å². The molecule has 1 aromatic carbocycles. The van der Waals surface area contributed by atoms with Gasteiger partial charge in [0.2, 0.25) is 11.8 Å². The Morgan fingerprint density at radius 3 is 2.83 bits per heavy atom. The predicted octanol–water partition coefficient (Wildman–Crippen LogP) is 1.50. The van der Waals surface area contributed by atoms with E-state index >= 15 is 0 Å². The summed E-state index contributed by atoms with van der Waals surface area (Å²) in [5.74, 6) is -0.153. The van der Waals surface area contributed by atoms with Crippen LogP contribution >= 0.6 is 0 Å². The highest BCUT2D eigenvalue weighted by Crippen LogP contribution is 2.11. The van der Waals surface area contributed by atoms with Gasteiger partial charge in [-0.3, -0.25) is 14.5 Å². The van der Waals surface area contributed by atoms with Crippen LogP contribution < -0.4 is 10.6 Å². The molecule has 1 aromatic rings. The molecule has 2 amide bonds. The molecule has 0 bridgehead atoms. The maximum Gasteiger partial charge on any atom is 0.237 e. The van der Waals surface area contributed by atoms with Crippen molar-refractivity contribution in [1.29, 1.82) is 0 Å². The van der Waals surface area contributed by atoms with Crippen molar-refractivity contribution in [2.75, 3.05) is 26.2 Å². The maximum atomic E-state index is 12.2. The normalized spacial score (nSPS) is 18.0. The number of benzene rings is 1. The fraction of sp³-hybridized carbons (Fsp3) is 0.474. The number of hydrogen-bond acceptors (Lipinski definition) is 3. The van der Waals surface area contributed by atoms with Gasteiger partial charge >= 0.3 is 0 Å². The summed E-state index contributed by atoms with van der Waals surface area (Å²) in [7, 11) is 0. The van der Waals surface area contributed by atoms with Crippen LogP contribution in [0.25, 0.3) is 0 Å². The molecule has 0 aromatic heterocycles. The molecule has 5 nitrogen and oxygen atoms in total. The van der Waals surface area contributed by atoms with Crippen LogP contribution in [-0.2, 0) is 16.0 Å². The lowest BCUT2D eigenvalue weighted by Gasteiger charge is -2.34. The van der Waals surface area contributed by atoms with Crippen molar-refractivity contribution in [3.05, 3.63) is 48.0 Å². The van der Waals surface area contributed by atoms with Crippen molar-refractivity contribution >= 4 is 11.8 Å². The summed E-state index contributed by atoms with van der Waals surface area (Å²) in [5, 5.41) is 5.67. The van der Waals surface area contributed by atoms with Gasteiger partial charge < -0.3 is 10.6 Å². The van der Waals surface area contributed by atoms with Crippen molar-refractivity contribution in [2.24, 2.45) is 0 Å². The van der Waals surface area contributed by atoms with Crippen molar-refractivity contribution in [3.8, 4) is 0 Å². The van der Waals surface area contributed by atoms with E-state index in [1.807, 2.05) is 25.1 Å². The van der Waals surface area contributed by atoms with Gasteiger partial charge in [0.15, 0.2) is 0 Å². The number of nitrogens with one attached hydrogen (secondary N) is 2. The standard InChI is InChI=1S/C19H27N3O2/c1-15(2)14-21-18(23)13-17-19(24)20-10-12-22(17)11-6-9-16-7-4-3-5-8-16/h3-5,7-8,17H,1,6,9-14H2,2H3,(H,20,24)(H,21,23)/t17-/m1/s1. The summed E-state index contributed by atoms with van der Waals surface area (Å²) >= 11 is 0. The Bertz CT molecular complexity index is 571. The van der Waals surface area contributed by atoms with Crippen LogP contribution in [0.5, 0.6) is 0 Å². The largest absolute Gasteiger partial charge is 0.353 e. The van der Waals surface area contributed by atoms with Crippen LogP contribution in [0.3, 0.4) is 0 Å². The Hall–Kier alpha value is -2.14. The summed E-state index contributed by atoms with van der Waals surface area (Å²) < 4.78 is 0. The highest BCUT2D eigenvalue weighted by atomic mass is 16.2. The van der Waals surface area contributed by atoms with Crippen LogP contribution in [0, 0.1) is 0 Å². The zero-order chi connectivity index (χ0) is 17.4. The lowest BCUT2D eigenvalue weighted by atomic mass is 10.1. The third kappa shape index (κ3) is 5.81. The minimum atomic E-state index is -0.375. The zero-order valence-electron chi connectivity index (χ0n) is 14.4. The minimum Gasteiger partial charge on any atom is -0.353 e.